The van der Waals surface area contributed by atoms with Crippen molar-refractivity contribution in [3.8, 4) is 5.75 Å². The van der Waals surface area contributed by atoms with E-state index in [2.05, 4.69) is 0 Å². The lowest BCUT2D eigenvalue weighted by Crippen LogP contribution is -2.29. The molecular weight excluding hydrogens is 313 g/mol. The summed E-state index contributed by atoms with van der Waals surface area (Å²) in [5.41, 5.74) is 1.20. The molecule has 21 heavy (non-hydrogen) atoms. The van der Waals surface area contributed by atoms with Gasteiger partial charge in [0, 0.05) is 27.8 Å². The van der Waals surface area contributed by atoms with Gasteiger partial charge in [-0.3, -0.25) is 4.79 Å². The van der Waals surface area contributed by atoms with Crippen LogP contribution in [0.2, 0.25) is 10.0 Å². The van der Waals surface area contributed by atoms with Gasteiger partial charge in [0.1, 0.15) is 12.3 Å². The highest BCUT2D eigenvalue weighted by Crippen LogP contribution is 2.26. The molecule has 2 aromatic rings. The van der Waals surface area contributed by atoms with Crippen LogP contribution in [0.5, 0.6) is 5.75 Å². The molecule has 6 heteroatoms. The SMILES string of the molecule is O=C(O)CN(Cc1cc(Cl)ccc1O)c1cccc(Cl)c1. The molecule has 0 unspecified atom stereocenters. The highest BCUT2D eigenvalue weighted by molar-refractivity contribution is 6.31. The Labute approximate surface area is 132 Å². The molecule has 2 aromatic carbocycles. The van der Waals surface area contributed by atoms with Gasteiger partial charge in [0.2, 0.25) is 0 Å². The molecule has 0 heterocycles. The molecule has 0 aromatic heterocycles. The van der Waals surface area contributed by atoms with Gasteiger partial charge in [-0.2, -0.15) is 0 Å². The number of nitrogens with zero attached hydrogens (tertiary/aromatic N) is 1. The van der Waals surface area contributed by atoms with Gasteiger partial charge in [-0.1, -0.05) is 29.3 Å². The number of hydrogen-bond acceptors (Lipinski definition) is 3. The molecule has 0 amide bonds. The van der Waals surface area contributed by atoms with Crippen molar-refractivity contribution >= 4 is 34.9 Å². The van der Waals surface area contributed by atoms with Gasteiger partial charge < -0.3 is 15.1 Å². The molecule has 0 spiro atoms. The molecule has 0 fully saturated rings. The summed E-state index contributed by atoms with van der Waals surface area (Å²) in [6.07, 6.45) is 0. The minimum Gasteiger partial charge on any atom is -0.508 e. The minimum absolute atomic E-state index is 0.0665. The standard InChI is InChI=1S/C15H13Cl2NO3/c16-11-2-1-3-13(7-11)18(9-15(20)21)8-10-6-12(17)4-5-14(10)19/h1-7,19H,8-9H2,(H,20,21). The summed E-state index contributed by atoms with van der Waals surface area (Å²) < 4.78 is 0. The van der Waals surface area contributed by atoms with Gasteiger partial charge in [-0.05, 0) is 36.4 Å². The van der Waals surface area contributed by atoms with Crippen molar-refractivity contribution in [1.29, 1.82) is 0 Å². The van der Waals surface area contributed by atoms with Crippen LogP contribution in [0, 0.1) is 0 Å². The van der Waals surface area contributed by atoms with E-state index in [0.717, 1.165) is 0 Å². The van der Waals surface area contributed by atoms with Gasteiger partial charge in [0.05, 0.1) is 0 Å². The van der Waals surface area contributed by atoms with Crippen LogP contribution in [0.15, 0.2) is 42.5 Å². The molecule has 0 aliphatic rings. The Morgan fingerprint density at radius 2 is 1.81 bits per heavy atom. The Kier molecular flexibility index (Phi) is 4.94. The Bertz CT molecular complexity index is 661. The number of aliphatic carboxylic acids is 1. The van der Waals surface area contributed by atoms with Crippen molar-refractivity contribution in [2.75, 3.05) is 11.4 Å². The van der Waals surface area contributed by atoms with Gasteiger partial charge in [-0.15, -0.1) is 0 Å². The van der Waals surface area contributed by atoms with Crippen LogP contribution >= 0.6 is 23.2 Å². The second-order valence-corrected chi connectivity index (χ2v) is 5.38. The zero-order valence-electron chi connectivity index (χ0n) is 11.0. The number of carboxylic acids is 1. The molecule has 0 bridgehead atoms. The number of carbonyl (C=O) groups is 1. The van der Waals surface area contributed by atoms with Crippen molar-refractivity contribution < 1.29 is 15.0 Å². The number of phenolic OH excluding ortho intramolecular Hbond substituents is 1. The summed E-state index contributed by atoms with van der Waals surface area (Å²) in [5.74, 6) is -0.909. The van der Waals surface area contributed by atoms with Crippen LogP contribution in [0.1, 0.15) is 5.56 Å². The van der Waals surface area contributed by atoms with Crippen molar-refractivity contribution in [2.45, 2.75) is 6.54 Å². The lowest BCUT2D eigenvalue weighted by Gasteiger charge is -2.23. The van der Waals surface area contributed by atoms with Crippen LogP contribution in [0.25, 0.3) is 0 Å². The lowest BCUT2D eigenvalue weighted by atomic mass is 10.1. The van der Waals surface area contributed by atoms with Crippen LogP contribution < -0.4 is 4.90 Å². The lowest BCUT2D eigenvalue weighted by molar-refractivity contribution is -0.135. The van der Waals surface area contributed by atoms with Crippen molar-refractivity contribution in [3.63, 3.8) is 0 Å². The fourth-order valence-electron chi connectivity index (χ4n) is 1.96. The van der Waals surface area contributed by atoms with E-state index >= 15 is 0 Å². The number of benzene rings is 2. The average Bonchev–Trinajstić information content (AvgIpc) is 2.41. The fraction of sp³-hybridized carbons (Fsp3) is 0.133. The topological polar surface area (TPSA) is 60.8 Å². The summed E-state index contributed by atoms with van der Waals surface area (Å²) in [4.78, 5) is 12.6. The smallest absolute Gasteiger partial charge is 0.323 e. The first kappa shape index (κ1) is 15.5. The Morgan fingerprint density at radius 1 is 1.10 bits per heavy atom. The number of phenols is 1. The molecule has 0 aliphatic heterocycles. The summed E-state index contributed by atoms with van der Waals surface area (Å²) in [6, 6.07) is 11.5. The first-order chi connectivity index (χ1) is 9.95. The number of halogens is 2. The zero-order valence-corrected chi connectivity index (χ0v) is 12.5. The predicted octanol–water partition coefficient (Wildman–Crippen LogP) is 3.79. The molecule has 0 atom stereocenters. The number of carboxylic acid groups (broad SMARTS) is 1. The molecule has 0 radical (unpaired) electrons. The maximum Gasteiger partial charge on any atom is 0.323 e. The summed E-state index contributed by atoms with van der Waals surface area (Å²) >= 11 is 11.9. The van der Waals surface area contributed by atoms with Crippen molar-refractivity contribution in [1.82, 2.24) is 0 Å². The Hall–Kier alpha value is -1.91. The fourth-order valence-corrected chi connectivity index (χ4v) is 2.34. The maximum absolute atomic E-state index is 11.0. The second-order valence-electron chi connectivity index (χ2n) is 4.50. The van der Waals surface area contributed by atoms with Crippen LogP contribution in [-0.4, -0.2) is 22.7 Å². The van der Waals surface area contributed by atoms with E-state index in [1.807, 2.05) is 0 Å². The monoisotopic (exact) mass is 325 g/mol. The van der Waals surface area contributed by atoms with Crippen LogP contribution in [0.4, 0.5) is 5.69 Å². The third kappa shape index (κ3) is 4.28. The zero-order chi connectivity index (χ0) is 15.4. The summed E-state index contributed by atoms with van der Waals surface area (Å²) in [7, 11) is 0. The van der Waals surface area contributed by atoms with Gasteiger partial charge >= 0.3 is 5.97 Å². The molecule has 0 saturated heterocycles. The quantitative estimate of drug-likeness (QED) is 0.878. The number of anilines is 1. The van der Waals surface area contributed by atoms with E-state index in [1.165, 1.54) is 6.07 Å². The third-order valence-corrected chi connectivity index (χ3v) is 3.37. The van der Waals surface area contributed by atoms with E-state index in [9.17, 15) is 9.90 Å². The Balaban J connectivity index is 2.32. The van der Waals surface area contributed by atoms with Gasteiger partial charge in [-0.25, -0.2) is 0 Å². The molecule has 2 rings (SSSR count). The highest BCUT2D eigenvalue weighted by atomic mass is 35.5. The molecule has 2 N–H and O–H groups in total. The highest BCUT2D eigenvalue weighted by Gasteiger charge is 2.14. The van der Waals surface area contributed by atoms with Crippen molar-refractivity contribution in [2.24, 2.45) is 0 Å². The summed E-state index contributed by atoms with van der Waals surface area (Å²) in [6.45, 7) is -0.00860. The van der Waals surface area contributed by atoms with E-state index in [0.29, 0.717) is 21.3 Å². The second kappa shape index (κ2) is 6.70. The van der Waals surface area contributed by atoms with E-state index in [-0.39, 0.29) is 18.8 Å². The van der Waals surface area contributed by atoms with Crippen molar-refractivity contribution in [3.05, 3.63) is 58.1 Å². The molecule has 110 valence electrons. The molecular formula is C15H13Cl2NO3. The molecule has 4 nitrogen and oxygen atoms in total. The van der Waals surface area contributed by atoms with E-state index in [1.54, 1.807) is 41.3 Å². The van der Waals surface area contributed by atoms with E-state index in [4.69, 9.17) is 28.3 Å². The first-order valence-corrected chi connectivity index (χ1v) is 6.91. The number of hydrogen-bond donors (Lipinski definition) is 2. The van der Waals surface area contributed by atoms with Crippen LogP contribution in [-0.2, 0) is 11.3 Å². The van der Waals surface area contributed by atoms with Gasteiger partial charge in [0.15, 0.2) is 0 Å². The normalized spacial score (nSPS) is 10.4. The van der Waals surface area contributed by atoms with Gasteiger partial charge in [0.25, 0.3) is 0 Å². The first-order valence-electron chi connectivity index (χ1n) is 6.15. The third-order valence-electron chi connectivity index (χ3n) is 2.90. The molecule has 0 saturated carbocycles. The van der Waals surface area contributed by atoms with E-state index < -0.39 is 5.97 Å². The minimum atomic E-state index is -0.975. The molecule has 0 aliphatic carbocycles. The number of rotatable bonds is 5. The maximum atomic E-state index is 11.0. The summed E-state index contributed by atoms with van der Waals surface area (Å²) in [5, 5.41) is 19.9. The predicted molar refractivity (Wildman–Crippen MR) is 83.3 cm³/mol. The number of aromatic hydroxyl groups is 1. The average molecular weight is 326 g/mol. The largest absolute Gasteiger partial charge is 0.508 e. The Morgan fingerprint density at radius 3 is 2.48 bits per heavy atom. The van der Waals surface area contributed by atoms with Crippen LogP contribution in [0.3, 0.4) is 0 Å².